The van der Waals surface area contributed by atoms with E-state index in [-0.39, 0.29) is 6.61 Å². The minimum Gasteiger partial charge on any atom is -0.479 e. The van der Waals surface area contributed by atoms with Gasteiger partial charge in [-0.05, 0) is 29.8 Å². The van der Waals surface area contributed by atoms with E-state index in [0.29, 0.717) is 5.75 Å². The highest BCUT2D eigenvalue weighted by molar-refractivity contribution is 5.79. The molecule has 0 unspecified atom stereocenters. The predicted octanol–water partition coefficient (Wildman–Crippen LogP) is 0.882. The SMILES string of the molecule is N#CCOc1ccc(C=NN)cc1. The van der Waals surface area contributed by atoms with Gasteiger partial charge in [-0.3, -0.25) is 0 Å². The summed E-state index contributed by atoms with van der Waals surface area (Å²) in [5.41, 5.74) is 0.895. The molecule has 1 aromatic rings. The van der Waals surface area contributed by atoms with Crippen LogP contribution in [0.3, 0.4) is 0 Å². The fourth-order valence-electron chi connectivity index (χ4n) is 0.852. The zero-order chi connectivity index (χ0) is 9.52. The number of hydrogen-bond donors (Lipinski definition) is 1. The van der Waals surface area contributed by atoms with Crippen molar-refractivity contribution in [2.75, 3.05) is 6.61 Å². The van der Waals surface area contributed by atoms with Gasteiger partial charge in [-0.2, -0.15) is 10.4 Å². The number of ether oxygens (including phenoxy) is 1. The molecular weight excluding hydrogens is 166 g/mol. The molecule has 2 N–H and O–H groups in total. The van der Waals surface area contributed by atoms with Gasteiger partial charge in [-0.25, -0.2) is 0 Å². The summed E-state index contributed by atoms with van der Waals surface area (Å²) in [7, 11) is 0. The zero-order valence-electron chi connectivity index (χ0n) is 6.97. The van der Waals surface area contributed by atoms with Crippen molar-refractivity contribution in [1.29, 1.82) is 5.26 Å². The fraction of sp³-hybridized carbons (Fsp3) is 0.111. The second kappa shape index (κ2) is 4.78. The van der Waals surface area contributed by atoms with E-state index in [1.54, 1.807) is 12.1 Å². The van der Waals surface area contributed by atoms with Crippen LogP contribution >= 0.6 is 0 Å². The molecule has 0 atom stereocenters. The fourth-order valence-corrected chi connectivity index (χ4v) is 0.852. The monoisotopic (exact) mass is 175 g/mol. The Bertz CT molecular complexity index is 324. The van der Waals surface area contributed by atoms with E-state index in [4.69, 9.17) is 15.8 Å². The van der Waals surface area contributed by atoms with Gasteiger partial charge in [0.1, 0.15) is 11.8 Å². The Kier molecular flexibility index (Phi) is 3.33. The maximum atomic E-state index is 8.25. The Hall–Kier alpha value is -2.02. The summed E-state index contributed by atoms with van der Waals surface area (Å²) in [6.45, 7) is 0.0598. The van der Waals surface area contributed by atoms with Gasteiger partial charge in [0.2, 0.25) is 0 Å². The van der Waals surface area contributed by atoms with Crippen molar-refractivity contribution in [3.8, 4) is 11.8 Å². The molecule has 0 aliphatic carbocycles. The maximum Gasteiger partial charge on any atom is 0.174 e. The second-order valence-corrected chi connectivity index (χ2v) is 2.29. The molecule has 1 rings (SSSR count). The molecule has 13 heavy (non-hydrogen) atoms. The lowest BCUT2D eigenvalue weighted by Gasteiger charge is -2.00. The zero-order valence-corrected chi connectivity index (χ0v) is 6.97. The predicted molar refractivity (Wildman–Crippen MR) is 49.3 cm³/mol. The first-order valence-corrected chi connectivity index (χ1v) is 3.70. The van der Waals surface area contributed by atoms with E-state index in [2.05, 4.69) is 5.10 Å². The number of nitrogens with zero attached hydrogens (tertiary/aromatic N) is 2. The van der Waals surface area contributed by atoms with Crippen molar-refractivity contribution in [2.24, 2.45) is 10.9 Å². The summed E-state index contributed by atoms with van der Waals surface area (Å²) >= 11 is 0. The van der Waals surface area contributed by atoms with Gasteiger partial charge in [0.05, 0.1) is 6.21 Å². The lowest BCUT2D eigenvalue weighted by Crippen LogP contribution is -1.93. The van der Waals surface area contributed by atoms with Gasteiger partial charge in [-0.15, -0.1) is 0 Å². The molecule has 0 aliphatic rings. The van der Waals surface area contributed by atoms with E-state index >= 15 is 0 Å². The summed E-state index contributed by atoms with van der Waals surface area (Å²) in [6.07, 6.45) is 1.54. The quantitative estimate of drug-likeness (QED) is 0.421. The third-order valence-corrected chi connectivity index (χ3v) is 1.41. The topological polar surface area (TPSA) is 71.4 Å². The normalized spacial score (nSPS) is 9.77. The number of benzene rings is 1. The van der Waals surface area contributed by atoms with Crippen molar-refractivity contribution in [3.05, 3.63) is 29.8 Å². The van der Waals surface area contributed by atoms with Gasteiger partial charge in [-0.1, -0.05) is 0 Å². The van der Waals surface area contributed by atoms with Crippen LogP contribution in [0.15, 0.2) is 29.4 Å². The summed E-state index contributed by atoms with van der Waals surface area (Å²) in [6, 6.07) is 9.02. The molecule has 0 spiro atoms. The standard InChI is InChI=1S/C9H9N3O/c10-5-6-13-9-3-1-8(2-4-9)7-12-11/h1-4,7H,6,11H2. The minimum absolute atomic E-state index is 0.0598. The Morgan fingerprint density at radius 2 is 2.15 bits per heavy atom. The largest absolute Gasteiger partial charge is 0.479 e. The van der Waals surface area contributed by atoms with Crippen molar-refractivity contribution < 1.29 is 4.74 Å². The number of hydrazone groups is 1. The van der Waals surface area contributed by atoms with Gasteiger partial charge < -0.3 is 10.6 Å². The number of rotatable bonds is 3. The molecule has 66 valence electrons. The first-order chi connectivity index (χ1) is 6.36. The van der Waals surface area contributed by atoms with Crippen LogP contribution in [0, 0.1) is 11.3 Å². The van der Waals surface area contributed by atoms with E-state index < -0.39 is 0 Å². The highest BCUT2D eigenvalue weighted by Gasteiger charge is 1.91. The van der Waals surface area contributed by atoms with Gasteiger partial charge in [0, 0.05) is 0 Å². The summed E-state index contributed by atoms with van der Waals surface area (Å²) in [5, 5.41) is 11.6. The van der Waals surface area contributed by atoms with Crippen LogP contribution in [0.1, 0.15) is 5.56 Å². The van der Waals surface area contributed by atoms with Crippen molar-refractivity contribution in [3.63, 3.8) is 0 Å². The van der Waals surface area contributed by atoms with Crippen molar-refractivity contribution >= 4 is 6.21 Å². The van der Waals surface area contributed by atoms with E-state index in [1.165, 1.54) is 6.21 Å². The van der Waals surface area contributed by atoms with Crippen LogP contribution in [0.5, 0.6) is 5.75 Å². The molecule has 0 aromatic heterocycles. The molecule has 0 heterocycles. The van der Waals surface area contributed by atoms with Gasteiger partial charge in [0.25, 0.3) is 0 Å². The molecule has 0 fully saturated rings. The highest BCUT2D eigenvalue weighted by atomic mass is 16.5. The van der Waals surface area contributed by atoms with Crippen molar-refractivity contribution in [2.45, 2.75) is 0 Å². The van der Waals surface area contributed by atoms with Crippen molar-refractivity contribution in [1.82, 2.24) is 0 Å². The molecule has 0 saturated heterocycles. The molecule has 4 nitrogen and oxygen atoms in total. The third-order valence-electron chi connectivity index (χ3n) is 1.41. The Labute approximate surface area is 76.2 Å². The number of nitrogens with two attached hydrogens (primary N) is 1. The molecular formula is C9H9N3O. The number of nitriles is 1. The van der Waals surface area contributed by atoms with Gasteiger partial charge >= 0.3 is 0 Å². The summed E-state index contributed by atoms with van der Waals surface area (Å²) in [4.78, 5) is 0. The molecule has 4 heteroatoms. The average Bonchev–Trinajstić information content (AvgIpc) is 2.17. The number of hydrogen-bond acceptors (Lipinski definition) is 4. The van der Waals surface area contributed by atoms with Crippen LogP contribution in [-0.2, 0) is 0 Å². The lowest BCUT2D eigenvalue weighted by molar-refractivity contribution is 0.368. The summed E-state index contributed by atoms with van der Waals surface area (Å²) < 4.78 is 5.05. The first-order valence-electron chi connectivity index (χ1n) is 3.70. The molecule has 0 amide bonds. The van der Waals surface area contributed by atoms with E-state index in [0.717, 1.165) is 5.56 Å². The Morgan fingerprint density at radius 3 is 2.69 bits per heavy atom. The van der Waals surface area contributed by atoms with Crippen LogP contribution in [0.25, 0.3) is 0 Å². The Morgan fingerprint density at radius 1 is 1.46 bits per heavy atom. The molecule has 1 aromatic carbocycles. The minimum atomic E-state index is 0.0598. The molecule has 0 aliphatic heterocycles. The van der Waals surface area contributed by atoms with Crippen LogP contribution < -0.4 is 10.6 Å². The van der Waals surface area contributed by atoms with Crippen LogP contribution in [-0.4, -0.2) is 12.8 Å². The van der Waals surface area contributed by atoms with E-state index in [1.807, 2.05) is 18.2 Å². The lowest BCUT2D eigenvalue weighted by atomic mass is 10.2. The van der Waals surface area contributed by atoms with Gasteiger partial charge in [0.15, 0.2) is 6.61 Å². The second-order valence-electron chi connectivity index (χ2n) is 2.29. The first kappa shape index (κ1) is 9.07. The Balaban J connectivity index is 2.65. The van der Waals surface area contributed by atoms with E-state index in [9.17, 15) is 0 Å². The summed E-state index contributed by atoms with van der Waals surface area (Å²) in [5.74, 6) is 5.64. The molecule has 0 saturated carbocycles. The molecule has 0 bridgehead atoms. The maximum absolute atomic E-state index is 8.25. The van der Waals surface area contributed by atoms with Crippen LogP contribution in [0.4, 0.5) is 0 Å². The molecule has 0 radical (unpaired) electrons. The van der Waals surface area contributed by atoms with Crippen LogP contribution in [0.2, 0.25) is 0 Å². The third kappa shape index (κ3) is 2.83. The smallest absolute Gasteiger partial charge is 0.174 e. The average molecular weight is 175 g/mol. The highest BCUT2D eigenvalue weighted by Crippen LogP contribution is 2.10.